The molecule has 5 nitrogen and oxygen atoms in total. The molecule has 0 saturated heterocycles. The zero-order valence-electron chi connectivity index (χ0n) is 13.5. The van der Waals surface area contributed by atoms with E-state index in [1.54, 1.807) is 11.8 Å². The first-order valence-corrected chi connectivity index (χ1v) is 9.53. The van der Waals surface area contributed by atoms with Crippen molar-refractivity contribution >= 4 is 39.6 Å². The molecular formula is C18H16BrN3O2S. The fraction of sp³-hybridized carbons (Fsp3) is 0.167. The summed E-state index contributed by atoms with van der Waals surface area (Å²) in [6, 6.07) is 15.6. The van der Waals surface area contributed by atoms with Crippen LogP contribution >= 0.6 is 27.7 Å². The number of carbonyl (C=O) groups is 1. The molecular weight excluding hydrogens is 402 g/mol. The third kappa shape index (κ3) is 4.93. The predicted octanol–water partition coefficient (Wildman–Crippen LogP) is 4.79. The second kappa shape index (κ2) is 8.31. The number of halogens is 1. The molecule has 0 bridgehead atoms. The van der Waals surface area contributed by atoms with Gasteiger partial charge in [-0.2, -0.15) is 0 Å². The summed E-state index contributed by atoms with van der Waals surface area (Å²) >= 11 is 5.17. The minimum atomic E-state index is -0.194. The van der Waals surface area contributed by atoms with Crippen LogP contribution < -0.4 is 5.32 Å². The summed E-state index contributed by atoms with van der Waals surface area (Å²) in [4.78, 5) is 13.3. The van der Waals surface area contributed by atoms with E-state index in [0.717, 1.165) is 21.4 Å². The fourth-order valence-corrected chi connectivity index (χ4v) is 3.29. The molecule has 2 aromatic carbocycles. The molecule has 1 amide bonds. The Balaban J connectivity index is 1.61. The summed E-state index contributed by atoms with van der Waals surface area (Å²) in [7, 11) is 0. The van der Waals surface area contributed by atoms with Gasteiger partial charge >= 0.3 is 6.01 Å². The number of nitrogens with zero attached hydrogens (tertiary/aromatic N) is 2. The number of amides is 1. The first kappa shape index (κ1) is 17.7. The molecule has 0 aliphatic rings. The summed E-state index contributed by atoms with van der Waals surface area (Å²) in [5, 5.41) is 10.5. The molecule has 0 unspecified atom stereocenters. The monoisotopic (exact) mass is 417 g/mol. The van der Waals surface area contributed by atoms with Gasteiger partial charge in [-0.15, -0.1) is 16.9 Å². The standard InChI is InChI=1S/C18H16BrN3O2S/c1-2-25-15-8-6-12(7-9-15)10-16(23)20-18-22-21-17(24-18)13-4-3-5-14(19)11-13/h3-9,11H,2,10H2,1H3,(H,20,22,23). The highest BCUT2D eigenvalue weighted by atomic mass is 79.9. The van der Waals surface area contributed by atoms with Crippen molar-refractivity contribution < 1.29 is 9.21 Å². The second-order valence-electron chi connectivity index (χ2n) is 5.22. The van der Waals surface area contributed by atoms with Crippen LogP contribution in [0.15, 0.2) is 62.3 Å². The molecule has 1 aromatic heterocycles. The van der Waals surface area contributed by atoms with Gasteiger partial charge in [0.1, 0.15) is 0 Å². The first-order valence-electron chi connectivity index (χ1n) is 7.75. The molecule has 3 rings (SSSR count). The van der Waals surface area contributed by atoms with Crippen LogP contribution in [0.2, 0.25) is 0 Å². The van der Waals surface area contributed by atoms with Crippen LogP contribution in [-0.4, -0.2) is 21.9 Å². The SMILES string of the molecule is CCSc1ccc(CC(=O)Nc2nnc(-c3cccc(Br)c3)o2)cc1. The van der Waals surface area contributed by atoms with E-state index in [2.05, 4.69) is 38.4 Å². The van der Waals surface area contributed by atoms with Crippen molar-refractivity contribution in [1.82, 2.24) is 10.2 Å². The minimum Gasteiger partial charge on any atom is -0.403 e. The molecule has 1 N–H and O–H groups in total. The van der Waals surface area contributed by atoms with E-state index in [9.17, 15) is 4.79 Å². The van der Waals surface area contributed by atoms with Crippen molar-refractivity contribution in [2.45, 2.75) is 18.2 Å². The molecule has 0 saturated carbocycles. The second-order valence-corrected chi connectivity index (χ2v) is 7.48. The maximum atomic E-state index is 12.1. The summed E-state index contributed by atoms with van der Waals surface area (Å²) in [5.74, 6) is 1.19. The molecule has 0 spiro atoms. The number of hydrogen-bond donors (Lipinski definition) is 1. The van der Waals surface area contributed by atoms with Crippen LogP contribution in [0.3, 0.4) is 0 Å². The quantitative estimate of drug-likeness (QED) is 0.583. The van der Waals surface area contributed by atoms with Crippen LogP contribution in [0.1, 0.15) is 12.5 Å². The molecule has 0 aliphatic heterocycles. The van der Waals surface area contributed by atoms with Gasteiger partial charge in [0.05, 0.1) is 6.42 Å². The van der Waals surface area contributed by atoms with E-state index in [1.807, 2.05) is 48.5 Å². The lowest BCUT2D eigenvalue weighted by Gasteiger charge is -2.03. The van der Waals surface area contributed by atoms with Crippen molar-refractivity contribution in [1.29, 1.82) is 0 Å². The third-order valence-corrected chi connectivity index (χ3v) is 4.73. The van der Waals surface area contributed by atoms with Crippen LogP contribution in [-0.2, 0) is 11.2 Å². The van der Waals surface area contributed by atoms with Crippen LogP contribution in [0.5, 0.6) is 0 Å². The summed E-state index contributed by atoms with van der Waals surface area (Å²) in [6.07, 6.45) is 0.256. The van der Waals surface area contributed by atoms with E-state index in [-0.39, 0.29) is 18.3 Å². The average molecular weight is 418 g/mol. The third-order valence-electron chi connectivity index (χ3n) is 3.34. The lowest BCUT2D eigenvalue weighted by atomic mass is 10.1. The molecule has 0 atom stereocenters. The lowest BCUT2D eigenvalue weighted by Crippen LogP contribution is -2.14. The molecule has 0 aliphatic carbocycles. The Bertz CT molecular complexity index is 865. The average Bonchev–Trinajstić information content (AvgIpc) is 3.05. The zero-order valence-corrected chi connectivity index (χ0v) is 15.9. The normalized spacial score (nSPS) is 10.6. The van der Waals surface area contributed by atoms with Gasteiger partial charge in [0.25, 0.3) is 0 Å². The van der Waals surface area contributed by atoms with Crippen molar-refractivity contribution in [3.8, 4) is 11.5 Å². The van der Waals surface area contributed by atoms with Gasteiger partial charge < -0.3 is 4.42 Å². The van der Waals surface area contributed by atoms with Crippen LogP contribution in [0.25, 0.3) is 11.5 Å². The Kier molecular flexibility index (Phi) is 5.88. The van der Waals surface area contributed by atoms with Gasteiger partial charge in [0.2, 0.25) is 11.8 Å². The zero-order chi connectivity index (χ0) is 17.6. The highest BCUT2D eigenvalue weighted by Crippen LogP contribution is 2.23. The summed E-state index contributed by atoms with van der Waals surface area (Å²) < 4.78 is 6.42. The van der Waals surface area contributed by atoms with E-state index < -0.39 is 0 Å². The van der Waals surface area contributed by atoms with E-state index in [0.29, 0.717) is 5.89 Å². The number of thioether (sulfide) groups is 1. The largest absolute Gasteiger partial charge is 0.403 e. The van der Waals surface area contributed by atoms with Gasteiger partial charge in [-0.3, -0.25) is 10.1 Å². The Morgan fingerprint density at radius 3 is 2.72 bits per heavy atom. The number of rotatable bonds is 6. The smallest absolute Gasteiger partial charge is 0.322 e. The minimum absolute atomic E-state index is 0.0955. The highest BCUT2D eigenvalue weighted by Gasteiger charge is 2.12. The number of hydrogen-bond acceptors (Lipinski definition) is 5. The molecule has 7 heteroatoms. The Morgan fingerprint density at radius 2 is 2.00 bits per heavy atom. The Morgan fingerprint density at radius 1 is 1.20 bits per heavy atom. The fourth-order valence-electron chi connectivity index (χ4n) is 2.23. The van der Waals surface area contributed by atoms with Crippen molar-refractivity contribution in [2.24, 2.45) is 0 Å². The number of benzene rings is 2. The predicted molar refractivity (Wildman–Crippen MR) is 103 cm³/mol. The summed E-state index contributed by atoms with van der Waals surface area (Å²) in [6.45, 7) is 2.11. The van der Waals surface area contributed by atoms with Crippen molar-refractivity contribution in [2.75, 3.05) is 11.1 Å². The molecule has 128 valence electrons. The van der Waals surface area contributed by atoms with Crippen LogP contribution in [0.4, 0.5) is 6.01 Å². The number of nitrogens with one attached hydrogen (secondary N) is 1. The van der Waals surface area contributed by atoms with Crippen molar-refractivity contribution in [3.05, 3.63) is 58.6 Å². The van der Waals surface area contributed by atoms with Gasteiger partial charge in [-0.1, -0.05) is 46.2 Å². The molecule has 1 heterocycles. The molecule has 25 heavy (non-hydrogen) atoms. The first-order chi connectivity index (χ1) is 12.1. The topological polar surface area (TPSA) is 68.0 Å². The van der Waals surface area contributed by atoms with E-state index in [1.165, 1.54) is 4.90 Å². The van der Waals surface area contributed by atoms with Crippen molar-refractivity contribution in [3.63, 3.8) is 0 Å². The molecule has 0 fully saturated rings. The lowest BCUT2D eigenvalue weighted by molar-refractivity contribution is -0.115. The maximum absolute atomic E-state index is 12.1. The Hall–Kier alpha value is -2.12. The van der Waals surface area contributed by atoms with Gasteiger partial charge in [-0.25, -0.2) is 0 Å². The summed E-state index contributed by atoms with van der Waals surface area (Å²) in [5.41, 5.74) is 1.72. The van der Waals surface area contributed by atoms with E-state index >= 15 is 0 Å². The Labute approximate surface area is 158 Å². The number of aromatic nitrogens is 2. The van der Waals surface area contributed by atoms with Crippen LogP contribution in [0, 0.1) is 0 Å². The number of anilines is 1. The molecule has 0 radical (unpaired) electrons. The molecule has 3 aromatic rings. The van der Waals surface area contributed by atoms with Gasteiger partial charge in [0, 0.05) is 14.9 Å². The maximum Gasteiger partial charge on any atom is 0.322 e. The number of carbonyl (C=O) groups excluding carboxylic acids is 1. The highest BCUT2D eigenvalue weighted by molar-refractivity contribution is 9.10. The van der Waals surface area contributed by atoms with Gasteiger partial charge in [-0.05, 0) is 41.6 Å². The van der Waals surface area contributed by atoms with E-state index in [4.69, 9.17) is 4.42 Å². The van der Waals surface area contributed by atoms with Gasteiger partial charge in [0.15, 0.2) is 0 Å².